The molecule has 0 aromatic heterocycles. The summed E-state index contributed by atoms with van der Waals surface area (Å²) in [6.45, 7) is 8.42. The topological polar surface area (TPSA) is 49.3 Å². The Morgan fingerprint density at radius 2 is 1.71 bits per heavy atom. The highest BCUT2D eigenvalue weighted by Gasteiger charge is 2.25. The second-order valence-electron chi connectivity index (χ2n) is 6.41. The van der Waals surface area contributed by atoms with Crippen molar-refractivity contribution in [3.05, 3.63) is 35.9 Å². The van der Waals surface area contributed by atoms with E-state index in [4.69, 9.17) is 5.11 Å². The Morgan fingerprint density at radius 1 is 1.10 bits per heavy atom. The van der Waals surface area contributed by atoms with Crippen LogP contribution in [0.15, 0.2) is 30.3 Å². The third kappa shape index (κ3) is 5.88. The number of hydrogen-bond acceptors (Lipinski definition) is 2. The molecule has 0 saturated carbocycles. The van der Waals surface area contributed by atoms with E-state index in [-0.39, 0.29) is 30.4 Å². The highest BCUT2D eigenvalue weighted by atomic mass is 16.3. The number of carbonyl (C=O) groups excluding carboxylic acids is 1. The third-order valence-electron chi connectivity index (χ3n) is 4.01. The zero-order chi connectivity index (χ0) is 15.8. The molecule has 118 valence electrons. The van der Waals surface area contributed by atoms with Gasteiger partial charge in [0.2, 0.25) is 5.91 Å². The summed E-state index contributed by atoms with van der Waals surface area (Å²) in [5.74, 6) is 0.672. The summed E-state index contributed by atoms with van der Waals surface area (Å²) in [7, 11) is 0. The van der Waals surface area contributed by atoms with Crippen molar-refractivity contribution in [1.82, 2.24) is 5.32 Å². The van der Waals surface area contributed by atoms with Gasteiger partial charge in [-0.25, -0.2) is 0 Å². The van der Waals surface area contributed by atoms with Crippen molar-refractivity contribution < 1.29 is 9.90 Å². The minimum Gasteiger partial charge on any atom is -0.396 e. The van der Waals surface area contributed by atoms with Crippen molar-refractivity contribution >= 4 is 5.91 Å². The van der Waals surface area contributed by atoms with E-state index in [2.05, 4.69) is 45.1 Å². The number of carbonyl (C=O) groups is 1. The lowest BCUT2D eigenvalue weighted by Crippen LogP contribution is -2.44. The van der Waals surface area contributed by atoms with Crippen LogP contribution < -0.4 is 5.32 Å². The molecule has 1 amide bonds. The number of benzene rings is 1. The van der Waals surface area contributed by atoms with E-state index in [1.54, 1.807) is 0 Å². The summed E-state index contributed by atoms with van der Waals surface area (Å²) in [6, 6.07) is 10.2. The zero-order valence-corrected chi connectivity index (χ0v) is 13.7. The quantitative estimate of drug-likeness (QED) is 0.773. The summed E-state index contributed by atoms with van der Waals surface area (Å²) >= 11 is 0. The molecule has 0 heterocycles. The maximum Gasteiger partial charge on any atom is 0.223 e. The maximum absolute atomic E-state index is 12.6. The van der Waals surface area contributed by atoms with Gasteiger partial charge in [-0.2, -0.15) is 0 Å². The Bertz CT molecular complexity index is 414. The molecule has 21 heavy (non-hydrogen) atoms. The van der Waals surface area contributed by atoms with Gasteiger partial charge in [-0.15, -0.1) is 0 Å². The van der Waals surface area contributed by atoms with Crippen LogP contribution in [0.4, 0.5) is 0 Å². The van der Waals surface area contributed by atoms with E-state index in [1.807, 2.05) is 18.2 Å². The van der Waals surface area contributed by atoms with Crippen LogP contribution in [0.5, 0.6) is 0 Å². The molecule has 0 bridgehead atoms. The van der Waals surface area contributed by atoms with Gasteiger partial charge in [0.25, 0.3) is 0 Å². The first-order chi connectivity index (χ1) is 9.95. The first kappa shape index (κ1) is 17.7. The molecular weight excluding hydrogens is 262 g/mol. The highest BCUT2D eigenvalue weighted by molar-refractivity contribution is 5.79. The molecule has 0 fully saturated rings. The van der Waals surface area contributed by atoms with Crippen molar-refractivity contribution in [3.8, 4) is 0 Å². The fraction of sp³-hybridized carbons (Fsp3) is 0.611. The predicted octanol–water partition coefficient (Wildman–Crippen LogP) is 3.02. The van der Waals surface area contributed by atoms with Gasteiger partial charge in [-0.3, -0.25) is 4.79 Å². The van der Waals surface area contributed by atoms with Crippen LogP contribution in [0.25, 0.3) is 0 Å². The lowest BCUT2D eigenvalue weighted by molar-refractivity contribution is -0.127. The molecule has 0 radical (unpaired) electrons. The third-order valence-corrected chi connectivity index (χ3v) is 4.01. The van der Waals surface area contributed by atoms with Crippen LogP contribution in [-0.4, -0.2) is 23.7 Å². The normalized spacial score (nSPS) is 14.2. The van der Waals surface area contributed by atoms with Crippen molar-refractivity contribution in [2.45, 2.75) is 46.6 Å². The van der Waals surface area contributed by atoms with Gasteiger partial charge in [0.15, 0.2) is 0 Å². The van der Waals surface area contributed by atoms with E-state index >= 15 is 0 Å². The minimum atomic E-state index is -0.0349. The number of aliphatic hydroxyl groups excluding tert-OH is 1. The van der Waals surface area contributed by atoms with Crippen LogP contribution in [0.3, 0.4) is 0 Å². The first-order valence-corrected chi connectivity index (χ1v) is 7.90. The van der Waals surface area contributed by atoms with E-state index in [1.165, 1.54) is 5.56 Å². The molecule has 3 heteroatoms. The van der Waals surface area contributed by atoms with E-state index in [0.717, 1.165) is 6.42 Å². The molecular formula is C18H29NO2. The van der Waals surface area contributed by atoms with Gasteiger partial charge in [-0.05, 0) is 30.2 Å². The molecule has 1 aromatic rings. The van der Waals surface area contributed by atoms with Crippen molar-refractivity contribution in [1.29, 1.82) is 0 Å². The summed E-state index contributed by atoms with van der Waals surface area (Å²) in [5.41, 5.74) is 1.19. The fourth-order valence-corrected chi connectivity index (χ4v) is 2.50. The number of rotatable bonds is 8. The molecule has 0 aliphatic carbocycles. The Morgan fingerprint density at radius 3 is 2.19 bits per heavy atom. The largest absolute Gasteiger partial charge is 0.396 e. The van der Waals surface area contributed by atoms with E-state index < -0.39 is 0 Å². The highest BCUT2D eigenvalue weighted by Crippen LogP contribution is 2.19. The molecule has 0 aliphatic rings. The molecule has 0 aliphatic heterocycles. The average Bonchev–Trinajstić information content (AvgIpc) is 2.44. The summed E-state index contributed by atoms with van der Waals surface area (Å²) in [5, 5.41) is 12.3. The van der Waals surface area contributed by atoms with Gasteiger partial charge in [0.1, 0.15) is 0 Å². The molecule has 0 saturated heterocycles. The summed E-state index contributed by atoms with van der Waals surface area (Å²) in [4.78, 5) is 12.6. The standard InChI is InChI=1S/C18H29NO2/c1-13(2)16(12-15-8-6-5-7-9-15)18(21)19-17(10-11-20)14(3)4/h5-9,13-14,16-17,20H,10-12H2,1-4H3,(H,19,21). The van der Waals surface area contributed by atoms with E-state index in [9.17, 15) is 4.79 Å². The van der Waals surface area contributed by atoms with Gasteiger partial charge in [0.05, 0.1) is 0 Å². The molecule has 1 rings (SSSR count). The molecule has 3 nitrogen and oxygen atoms in total. The van der Waals surface area contributed by atoms with Gasteiger partial charge >= 0.3 is 0 Å². The molecule has 1 aromatic carbocycles. The van der Waals surface area contributed by atoms with Gasteiger partial charge in [-0.1, -0.05) is 58.0 Å². The van der Waals surface area contributed by atoms with Crippen molar-refractivity contribution in [3.63, 3.8) is 0 Å². The average molecular weight is 291 g/mol. The Hall–Kier alpha value is -1.35. The lowest BCUT2D eigenvalue weighted by Gasteiger charge is -2.26. The summed E-state index contributed by atoms with van der Waals surface area (Å²) in [6.07, 6.45) is 1.37. The molecule has 2 N–H and O–H groups in total. The SMILES string of the molecule is CC(C)C(CCO)NC(=O)C(Cc1ccccc1)C(C)C. The zero-order valence-electron chi connectivity index (χ0n) is 13.7. The number of nitrogens with one attached hydrogen (secondary N) is 1. The second kappa shape index (κ2) is 8.83. The molecule has 2 unspecified atom stereocenters. The Labute approximate surface area is 128 Å². The van der Waals surface area contributed by atoms with Crippen LogP contribution in [-0.2, 0) is 11.2 Å². The van der Waals surface area contributed by atoms with Gasteiger partial charge < -0.3 is 10.4 Å². The van der Waals surface area contributed by atoms with Crippen LogP contribution >= 0.6 is 0 Å². The van der Waals surface area contributed by atoms with Gasteiger partial charge in [0, 0.05) is 18.6 Å². The van der Waals surface area contributed by atoms with Crippen LogP contribution in [0.2, 0.25) is 0 Å². The monoisotopic (exact) mass is 291 g/mol. The Balaban J connectivity index is 2.73. The molecule has 0 spiro atoms. The Kier molecular flexibility index (Phi) is 7.44. The number of amides is 1. The van der Waals surface area contributed by atoms with Crippen LogP contribution in [0, 0.1) is 17.8 Å². The lowest BCUT2D eigenvalue weighted by atomic mass is 9.87. The van der Waals surface area contributed by atoms with Crippen molar-refractivity contribution in [2.24, 2.45) is 17.8 Å². The second-order valence-corrected chi connectivity index (χ2v) is 6.41. The molecule has 2 atom stereocenters. The minimum absolute atomic E-state index is 0.0349. The van der Waals surface area contributed by atoms with Crippen LogP contribution in [0.1, 0.15) is 39.7 Å². The van der Waals surface area contributed by atoms with Crippen molar-refractivity contribution in [2.75, 3.05) is 6.61 Å². The number of hydrogen-bond donors (Lipinski definition) is 2. The first-order valence-electron chi connectivity index (χ1n) is 7.90. The van der Waals surface area contributed by atoms with E-state index in [0.29, 0.717) is 12.3 Å². The number of aliphatic hydroxyl groups is 1. The maximum atomic E-state index is 12.6. The summed E-state index contributed by atoms with van der Waals surface area (Å²) < 4.78 is 0. The smallest absolute Gasteiger partial charge is 0.223 e. The fourth-order valence-electron chi connectivity index (χ4n) is 2.50. The predicted molar refractivity (Wildman–Crippen MR) is 86.9 cm³/mol.